The molecule has 1 aliphatic carbocycles. The van der Waals surface area contributed by atoms with E-state index in [1.54, 1.807) is 0 Å². The van der Waals surface area contributed by atoms with Gasteiger partial charge in [-0.05, 0) is 19.3 Å². The van der Waals surface area contributed by atoms with E-state index in [4.69, 9.17) is 0 Å². The fourth-order valence-corrected chi connectivity index (χ4v) is 6.47. The molecule has 106 valence electrons. The third kappa shape index (κ3) is 4.62. The molecular weight excluding hydrogens is 286 g/mol. The van der Waals surface area contributed by atoms with Gasteiger partial charge in [-0.25, -0.2) is 8.42 Å². The molecule has 0 aromatic heterocycles. The summed E-state index contributed by atoms with van der Waals surface area (Å²) in [5, 5.41) is 4.19. The molecule has 0 aromatic carbocycles. The molecule has 3 unspecified atom stereocenters. The van der Waals surface area contributed by atoms with Gasteiger partial charge in [0.2, 0.25) is 0 Å². The highest BCUT2D eigenvalue weighted by atomic mass is 32.2. The van der Waals surface area contributed by atoms with E-state index < -0.39 is 9.84 Å². The van der Waals surface area contributed by atoms with E-state index >= 15 is 0 Å². The second-order valence-electron chi connectivity index (χ2n) is 5.29. The largest absolute Gasteiger partial charge is 0.313 e. The van der Waals surface area contributed by atoms with Crippen LogP contribution in [-0.4, -0.2) is 55.0 Å². The molecule has 1 saturated heterocycles. The molecule has 2 aliphatic rings. The molecule has 0 amide bonds. The van der Waals surface area contributed by atoms with E-state index in [0.717, 1.165) is 32.2 Å². The van der Waals surface area contributed by atoms with E-state index in [1.807, 2.05) is 11.8 Å². The van der Waals surface area contributed by atoms with E-state index in [-0.39, 0.29) is 5.25 Å². The van der Waals surface area contributed by atoms with Crippen LogP contribution in [0.5, 0.6) is 0 Å². The molecule has 6 heteroatoms. The standard InChI is InChI=1S/C12H23NO2S3/c1-18(14,15)12-4-2-3-10(7-12)13-8-11-9-16-5-6-17-11/h10-13H,2-9H2,1H3. The van der Waals surface area contributed by atoms with Crippen molar-refractivity contribution in [1.82, 2.24) is 5.32 Å². The first kappa shape index (κ1) is 15.0. The maximum atomic E-state index is 11.6. The minimum atomic E-state index is -2.85. The Balaban J connectivity index is 1.75. The molecule has 1 N–H and O–H groups in total. The van der Waals surface area contributed by atoms with Crippen molar-refractivity contribution < 1.29 is 8.42 Å². The summed E-state index contributed by atoms with van der Waals surface area (Å²) < 4.78 is 23.2. The molecule has 3 nitrogen and oxygen atoms in total. The number of rotatable bonds is 4. The predicted octanol–water partition coefficient (Wildman–Crippen LogP) is 1.78. The molecule has 18 heavy (non-hydrogen) atoms. The lowest BCUT2D eigenvalue weighted by atomic mass is 9.95. The van der Waals surface area contributed by atoms with Crippen molar-refractivity contribution in [1.29, 1.82) is 0 Å². The maximum Gasteiger partial charge on any atom is 0.150 e. The van der Waals surface area contributed by atoms with Gasteiger partial charge in [0.25, 0.3) is 0 Å². The second kappa shape index (κ2) is 6.86. The van der Waals surface area contributed by atoms with Gasteiger partial charge >= 0.3 is 0 Å². The smallest absolute Gasteiger partial charge is 0.150 e. The van der Waals surface area contributed by atoms with Gasteiger partial charge in [0.15, 0.2) is 0 Å². The summed E-state index contributed by atoms with van der Waals surface area (Å²) in [6.45, 7) is 1.04. The zero-order valence-corrected chi connectivity index (χ0v) is 13.4. The van der Waals surface area contributed by atoms with Crippen LogP contribution >= 0.6 is 23.5 Å². The second-order valence-corrected chi connectivity index (χ2v) is 10.2. The number of nitrogens with one attached hydrogen (secondary N) is 1. The van der Waals surface area contributed by atoms with Crippen LogP contribution in [0.3, 0.4) is 0 Å². The number of hydrogen-bond donors (Lipinski definition) is 1. The zero-order valence-electron chi connectivity index (χ0n) is 10.9. The van der Waals surface area contributed by atoms with Crippen LogP contribution in [0.2, 0.25) is 0 Å². The fraction of sp³-hybridized carbons (Fsp3) is 1.00. The van der Waals surface area contributed by atoms with Crippen molar-refractivity contribution >= 4 is 33.4 Å². The Kier molecular flexibility index (Phi) is 5.72. The monoisotopic (exact) mass is 309 g/mol. The Hall–Kier alpha value is 0.610. The summed E-state index contributed by atoms with van der Waals surface area (Å²) in [6, 6.07) is 0.408. The van der Waals surface area contributed by atoms with Crippen molar-refractivity contribution in [2.75, 3.05) is 30.1 Å². The van der Waals surface area contributed by atoms with Gasteiger partial charge in [0, 0.05) is 41.4 Å². The first-order valence-electron chi connectivity index (χ1n) is 6.67. The van der Waals surface area contributed by atoms with Gasteiger partial charge in [-0.1, -0.05) is 6.42 Å². The average Bonchev–Trinajstić information content (AvgIpc) is 2.37. The Morgan fingerprint density at radius 2 is 2.11 bits per heavy atom. The quantitative estimate of drug-likeness (QED) is 0.858. The molecule has 1 aliphatic heterocycles. The summed E-state index contributed by atoms with van der Waals surface area (Å²) in [6.07, 6.45) is 5.22. The lowest BCUT2D eigenvalue weighted by molar-refractivity contribution is 0.374. The fourth-order valence-electron chi connectivity index (χ4n) is 2.67. The number of hydrogen-bond acceptors (Lipinski definition) is 5. The molecule has 1 heterocycles. The van der Waals surface area contributed by atoms with Crippen LogP contribution in [0.4, 0.5) is 0 Å². The Morgan fingerprint density at radius 3 is 2.78 bits per heavy atom. The predicted molar refractivity (Wildman–Crippen MR) is 82.5 cm³/mol. The Labute approximate surface area is 119 Å². The zero-order chi connectivity index (χ0) is 13.0. The third-order valence-electron chi connectivity index (χ3n) is 3.75. The van der Waals surface area contributed by atoms with E-state index in [1.165, 1.54) is 23.5 Å². The summed E-state index contributed by atoms with van der Waals surface area (Å²) in [5.41, 5.74) is 0. The highest BCUT2D eigenvalue weighted by Gasteiger charge is 2.29. The van der Waals surface area contributed by atoms with Crippen LogP contribution in [-0.2, 0) is 9.84 Å². The molecule has 3 atom stereocenters. The summed E-state index contributed by atoms with van der Waals surface area (Å²) in [7, 11) is -2.85. The average molecular weight is 310 g/mol. The van der Waals surface area contributed by atoms with Gasteiger partial charge < -0.3 is 5.32 Å². The number of thioether (sulfide) groups is 2. The molecule has 0 aromatic rings. The van der Waals surface area contributed by atoms with Crippen LogP contribution in [0.15, 0.2) is 0 Å². The van der Waals surface area contributed by atoms with Crippen LogP contribution in [0.1, 0.15) is 25.7 Å². The maximum absolute atomic E-state index is 11.6. The molecular formula is C12H23NO2S3. The molecule has 0 radical (unpaired) electrons. The Morgan fingerprint density at radius 1 is 1.28 bits per heavy atom. The van der Waals surface area contributed by atoms with E-state index in [9.17, 15) is 8.42 Å². The SMILES string of the molecule is CS(=O)(=O)C1CCCC(NCC2CSCCS2)C1. The van der Waals surface area contributed by atoms with E-state index in [2.05, 4.69) is 17.1 Å². The Bertz CT molecular complexity index is 352. The molecule has 0 bridgehead atoms. The molecule has 0 spiro atoms. The topological polar surface area (TPSA) is 46.2 Å². The third-order valence-corrected chi connectivity index (χ3v) is 8.23. The highest BCUT2D eigenvalue weighted by molar-refractivity contribution is 8.06. The lowest BCUT2D eigenvalue weighted by Crippen LogP contribution is -2.42. The number of sulfone groups is 1. The minimum Gasteiger partial charge on any atom is -0.313 e. The molecule has 2 fully saturated rings. The van der Waals surface area contributed by atoms with Crippen molar-refractivity contribution in [2.24, 2.45) is 0 Å². The summed E-state index contributed by atoms with van der Waals surface area (Å²) in [5.74, 6) is 3.77. The first-order chi connectivity index (χ1) is 8.55. The van der Waals surface area contributed by atoms with Crippen molar-refractivity contribution in [3.8, 4) is 0 Å². The van der Waals surface area contributed by atoms with Crippen molar-refractivity contribution in [2.45, 2.75) is 42.2 Å². The van der Waals surface area contributed by atoms with Crippen molar-refractivity contribution in [3.63, 3.8) is 0 Å². The van der Waals surface area contributed by atoms with Gasteiger partial charge in [0.1, 0.15) is 9.84 Å². The van der Waals surface area contributed by atoms with Gasteiger partial charge in [-0.3, -0.25) is 0 Å². The van der Waals surface area contributed by atoms with E-state index in [0.29, 0.717) is 11.3 Å². The minimum absolute atomic E-state index is 0.114. The lowest BCUT2D eigenvalue weighted by Gasteiger charge is -2.30. The van der Waals surface area contributed by atoms with Crippen LogP contribution in [0, 0.1) is 0 Å². The van der Waals surface area contributed by atoms with Gasteiger partial charge in [0.05, 0.1) is 5.25 Å². The summed E-state index contributed by atoms with van der Waals surface area (Å²) >= 11 is 4.09. The molecule has 2 rings (SSSR count). The van der Waals surface area contributed by atoms with Gasteiger partial charge in [-0.15, -0.1) is 0 Å². The normalized spacial score (nSPS) is 34.4. The first-order valence-corrected chi connectivity index (χ1v) is 10.8. The van der Waals surface area contributed by atoms with Crippen LogP contribution in [0.25, 0.3) is 0 Å². The summed E-state index contributed by atoms with van der Waals surface area (Å²) in [4.78, 5) is 0. The van der Waals surface area contributed by atoms with Gasteiger partial charge in [-0.2, -0.15) is 23.5 Å². The molecule has 1 saturated carbocycles. The van der Waals surface area contributed by atoms with Crippen molar-refractivity contribution in [3.05, 3.63) is 0 Å². The van der Waals surface area contributed by atoms with Crippen LogP contribution < -0.4 is 5.32 Å². The highest BCUT2D eigenvalue weighted by Crippen LogP contribution is 2.26.